The smallest absolute Gasteiger partial charge is 0.0547 e. The quantitative estimate of drug-likeness (QED) is 0.792. The first kappa shape index (κ1) is 12.3. The summed E-state index contributed by atoms with van der Waals surface area (Å²) in [5.41, 5.74) is 6.20. The van der Waals surface area contributed by atoms with Crippen LogP contribution in [-0.4, -0.2) is 43.8 Å². The van der Waals surface area contributed by atoms with Gasteiger partial charge >= 0.3 is 0 Å². The zero-order valence-electron chi connectivity index (χ0n) is 10.7. The maximum absolute atomic E-state index is 5.96. The number of hydrogen-bond donors (Lipinski definition) is 1. The van der Waals surface area contributed by atoms with Gasteiger partial charge in [-0.2, -0.15) is 0 Å². The molecule has 94 valence electrons. The second kappa shape index (κ2) is 5.03. The fourth-order valence-corrected chi connectivity index (χ4v) is 3.03. The minimum atomic E-state index is 0.241. The lowest BCUT2D eigenvalue weighted by molar-refractivity contribution is 0.0594. The Kier molecular flexibility index (Phi) is 3.88. The Bertz CT molecular complexity index is 226. The molecule has 2 aliphatic heterocycles. The average Bonchev–Trinajstić information content (AvgIpc) is 2.73. The zero-order valence-corrected chi connectivity index (χ0v) is 10.7. The van der Waals surface area contributed by atoms with E-state index >= 15 is 0 Å². The highest BCUT2D eigenvalue weighted by molar-refractivity contribution is 4.90. The molecule has 0 aliphatic carbocycles. The Morgan fingerprint density at radius 1 is 1.38 bits per heavy atom. The molecular weight excluding hydrogens is 200 g/mol. The number of piperidine rings is 1. The first-order valence-electron chi connectivity index (χ1n) is 6.67. The van der Waals surface area contributed by atoms with Crippen molar-refractivity contribution in [2.75, 3.05) is 32.8 Å². The van der Waals surface area contributed by atoms with Crippen LogP contribution in [0.5, 0.6) is 0 Å². The van der Waals surface area contributed by atoms with E-state index in [1.54, 1.807) is 0 Å². The maximum atomic E-state index is 5.96. The molecule has 0 spiro atoms. The first-order chi connectivity index (χ1) is 7.65. The van der Waals surface area contributed by atoms with Gasteiger partial charge in [-0.25, -0.2) is 0 Å². The van der Waals surface area contributed by atoms with E-state index in [0.29, 0.717) is 0 Å². The molecule has 2 saturated heterocycles. The summed E-state index contributed by atoms with van der Waals surface area (Å²) in [5, 5.41) is 0. The van der Waals surface area contributed by atoms with Gasteiger partial charge in [-0.15, -0.1) is 0 Å². The number of likely N-dealkylation sites (tertiary alicyclic amines) is 1. The third kappa shape index (κ3) is 2.58. The van der Waals surface area contributed by atoms with E-state index in [-0.39, 0.29) is 5.41 Å². The summed E-state index contributed by atoms with van der Waals surface area (Å²) in [6.07, 6.45) is 3.85. The van der Waals surface area contributed by atoms with Crippen molar-refractivity contribution >= 4 is 0 Å². The lowest BCUT2D eigenvalue weighted by Gasteiger charge is -2.41. The Morgan fingerprint density at radius 2 is 2.19 bits per heavy atom. The van der Waals surface area contributed by atoms with Gasteiger partial charge in [-0.3, -0.25) is 4.90 Å². The van der Waals surface area contributed by atoms with Crippen LogP contribution in [0.2, 0.25) is 0 Å². The molecule has 3 unspecified atom stereocenters. The number of hydrogen-bond acceptors (Lipinski definition) is 3. The molecule has 2 rings (SSSR count). The van der Waals surface area contributed by atoms with Crippen LogP contribution in [0.15, 0.2) is 0 Å². The Balaban J connectivity index is 1.96. The molecule has 0 aromatic carbocycles. The summed E-state index contributed by atoms with van der Waals surface area (Å²) in [6.45, 7) is 9.61. The van der Waals surface area contributed by atoms with Crippen LogP contribution in [0.3, 0.4) is 0 Å². The molecule has 2 aliphatic rings. The van der Waals surface area contributed by atoms with E-state index < -0.39 is 0 Å². The van der Waals surface area contributed by atoms with E-state index in [1.807, 2.05) is 0 Å². The molecular formula is C13H26N2O. The van der Waals surface area contributed by atoms with Gasteiger partial charge in [0.2, 0.25) is 0 Å². The van der Waals surface area contributed by atoms with Crippen LogP contribution < -0.4 is 5.73 Å². The molecule has 0 bridgehead atoms. The van der Waals surface area contributed by atoms with Gasteiger partial charge in [-0.05, 0) is 32.1 Å². The minimum Gasteiger partial charge on any atom is -0.381 e. The minimum absolute atomic E-state index is 0.241. The Labute approximate surface area is 99.3 Å². The zero-order chi connectivity index (χ0) is 11.6. The van der Waals surface area contributed by atoms with Crippen LogP contribution in [0, 0.1) is 11.3 Å². The van der Waals surface area contributed by atoms with Crippen molar-refractivity contribution in [2.24, 2.45) is 17.1 Å². The number of ether oxygens (including phenoxy) is 1. The Hall–Kier alpha value is -0.120. The van der Waals surface area contributed by atoms with Gasteiger partial charge in [-0.1, -0.05) is 6.92 Å². The van der Waals surface area contributed by atoms with E-state index in [2.05, 4.69) is 18.7 Å². The monoisotopic (exact) mass is 226 g/mol. The SMILES string of the molecule is CC1CCC(C)N(CC2(CN)CCOC2)C1. The highest BCUT2D eigenvalue weighted by Crippen LogP contribution is 2.31. The van der Waals surface area contributed by atoms with Crippen molar-refractivity contribution in [1.82, 2.24) is 4.90 Å². The van der Waals surface area contributed by atoms with Crippen molar-refractivity contribution in [1.29, 1.82) is 0 Å². The molecule has 0 aromatic rings. The molecule has 3 atom stereocenters. The molecule has 0 radical (unpaired) electrons. The van der Waals surface area contributed by atoms with Crippen molar-refractivity contribution < 1.29 is 4.74 Å². The van der Waals surface area contributed by atoms with Gasteiger partial charge in [0.15, 0.2) is 0 Å². The molecule has 2 N–H and O–H groups in total. The van der Waals surface area contributed by atoms with Crippen LogP contribution in [-0.2, 0) is 4.74 Å². The van der Waals surface area contributed by atoms with E-state index in [1.165, 1.54) is 19.4 Å². The lowest BCUT2D eigenvalue weighted by Crippen LogP contribution is -2.49. The molecule has 16 heavy (non-hydrogen) atoms. The normalized spacial score (nSPS) is 41.4. The predicted octanol–water partition coefficient (Wildman–Crippen LogP) is 1.47. The third-order valence-electron chi connectivity index (χ3n) is 4.40. The second-order valence-electron chi connectivity index (χ2n) is 5.97. The fourth-order valence-electron chi connectivity index (χ4n) is 3.03. The van der Waals surface area contributed by atoms with Crippen LogP contribution in [0.25, 0.3) is 0 Å². The van der Waals surface area contributed by atoms with Crippen molar-refractivity contribution in [2.45, 2.75) is 39.2 Å². The van der Waals surface area contributed by atoms with Gasteiger partial charge in [0.05, 0.1) is 6.61 Å². The van der Waals surface area contributed by atoms with E-state index in [4.69, 9.17) is 10.5 Å². The highest BCUT2D eigenvalue weighted by atomic mass is 16.5. The number of nitrogens with zero attached hydrogens (tertiary/aromatic N) is 1. The summed E-state index contributed by atoms with van der Waals surface area (Å²) in [7, 11) is 0. The van der Waals surface area contributed by atoms with Gasteiger partial charge in [0.1, 0.15) is 0 Å². The predicted molar refractivity (Wildman–Crippen MR) is 66.4 cm³/mol. The molecule has 3 heteroatoms. The van der Waals surface area contributed by atoms with Gasteiger partial charge in [0, 0.05) is 37.7 Å². The fraction of sp³-hybridized carbons (Fsp3) is 1.00. The molecule has 2 fully saturated rings. The van der Waals surface area contributed by atoms with Crippen LogP contribution >= 0.6 is 0 Å². The Morgan fingerprint density at radius 3 is 2.81 bits per heavy atom. The summed E-state index contributed by atoms with van der Waals surface area (Å²) in [5.74, 6) is 0.841. The molecule has 3 nitrogen and oxygen atoms in total. The van der Waals surface area contributed by atoms with Crippen molar-refractivity contribution in [3.8, 4) is 0 Å². The van der Waals surface area contributed by atoms with E-state index in [0.717, 1.165) is 44.7 Å². The number of nitrogens with two attached hydrogens (primary N) is 1. The molecule has 2 heterocycles. The summed E-state index contributed by atoms with van der Waals surface area (Å²) < 4.78 is 5.55. The molecule has 0 saturated carbocycles. The lowest BCUT2D eigenvalue weighted by atomic mass is 9.84. The van der Waals surface area contributed by atoms with Crippen LogP contribution in [0.4, 0.5) is 0 Å². The summed E-state index contributed by atoms with van der Waals surface area (Å²) in [4.78, 5) is 2.63. The van der Waals surface area contributed by atoms with Crippen molar-refractivity contribution in [3.05, 3.63) is 0 Å². The standard InChI is InChI=1S/C13H26N2O/c1-11-3-4-12(2)15(7-11)9-13(8-14)5-6-16-10-13/h11-12H,3-10,14H2,1-2H3. The largest absolute Gasteiger partial charge is 0.381 e. The molecule has 0 amide bonds. The second-order valence-corrected chi connectivity index (χ2v) is 5.97. The maximum Gasteiger partial charge on any atom is 0.0547 e. The van der Waals surface area contributed by atoms with E-state index in [9.17, 15) is 0 Å². The van der Waals surface area contributed by atoms with Crippen LogP contribution in [0.1, 0.15) is 33.1 Å². The highest BCUT2D eigenvalue weighted by Gasteiger charge is 2.37. The first-order valence-corrected chi connectivity index (χ1v) is 6.67. The van der Waals surface area contributed by atoms with Crippen molar-refractivity contribution in [3.63, 3.8) is 0 Å². The summed E-state index contributed by atoms with van der Waals surface area (Å²) in [6, 6.07) is 0.722. The van der Waals surface area contributed by atoms with Gasteiger partial charge in [0.25, 0.3) is 0 Å². The summed E-state index contributed by atoms with van der Waals surface area (Å²) >= 11 is 0. The third-order valence-corrected chi connectivity index (χ3v) is 4.40. The van der Waals surface area contributed by atoms with Gasteiger partial charge < -0.3 is 10.5 Å². The number of rotatable bonds is 3. The average molecular weight is 226 g/mol. The topological polar surface area (TPSA) is 38.5 Å². The molecule has 0 aromatic heterocycles.